The zero-order valence-electron chi connectivity index (χ0n) is 9.22. The first-order valence-corrected chi connectivity index (χ1v) is 7.05. The van der Waals surface area contributed by atoms with Crippen molar-refractivity contribution in [3.8, 4) is 11.8 Å². The summed E-state index contributed by atoms with van der Waals surface area (Å²) in [6.07, 6.45) is 1.81. The van der Waals surface area contributed by atoms with Crippen molar-refractivity contribution in [1.29, 1.82) is 0 Å². The van der Waals surface area contributed by atoms with E-state index in [2.05, 4.69) is 28.3 Å². The molecule has 0 atom stereocenters. The molecule has 2 rings (SSSR count). The largest absolute Gasteiger partial charge is 0.320 e. The summed E-state index contributed by atoms with van der Waals surface area (Å²) in [5.41, 5.74) is 6.39. The highest BCUT2D eigenvalue weighted by molar-refractivity contribution is 7.98. The minimum Gasteiger partial charge on any atom is -0.320 e. The average molecular weight is 260 g/mol. The number of hydrogen-bond donors (Lipinski definition) is 1. The van der Waals surface area contributed by atoms with E-state index in [-0.39, 0.29) is 0 Å². The van der Waals surface area contributed by atoms with Crippen LogP contribution in [0.1, 0.15) is 10.4 Å². The zero-order chi connectivity index (χ0) is 11.9. The van der Waals surface area contributed by atoms with Crippen LogP contribution in [-0.2, 0) is 5.75 Å². The second kappa shape index (κ2) is 6.45. The average Bonchev–Trinajstić information content (AvgIpc) is 2.83. The van der Waals surface area contributed by atoms with Crippen LogP contribution < -0.4 is 5.73 Å². The Bertz CT molecular complexity index is 523. The van der Waals surface area contributed by atoms with Crippen LogP contribution in [0.5, 0.6) is 0 Å². The molecule has 2 nitrogen and oxygen atoms in total. The fourth-order valence-corrected chi connectivity index (χ4v) is 2.99. The summed E-state index contributed by atoms with van der Waals surface area (Å²) in [7, 11) is 0. The minimum atomic E-state index is 0.411. The third-order valence-electron chi connectivity index (χ3n) is 1.99. The number of nitrogens with zero attached hydrogens (tertiary/aromatic N) is 1. The summed E-state index contributed by atoms with van der Waals surface area (Å²) >= 11 is 3.46. The highest BCUT2D eigenvalue weighted by atomic mass is 32.2. The Morgan fingerprint density at radius 3 is 3.12 bits per heavy atom. The number of thiophene rings is 1. The Morgan fingerprint density at radius 1 is 1.41 bits per heavy atom. The van der Waals surface area contributed by atoms with Gasteiger partial charge in [-0.15, -0.1) is 23.1 Å². The highest BCUT2D eigenvalue weighted by Gasteiger charge is 2.00. The lowest BCUT2D eigenvalue weighted by Gasteiger charge is -1.96. The molecule has 0 bridgehead atoms. The summed E-state index contributed by atoms with van der Waals surface area (Å²) in [5.74, 6) is 6.83. The Hall–Kier alpha value is -1.28. The number of pyridine rings is 1. The molecule has 0 fully saturated rings. The number of nitrogens with two attached hydrogens (primary N) is 1. The third kappa shape index (κ3) is 3.90. The van der Waals surface area contributed by atoms with Gasteiger partial charge in [0, 0.05) is 27.8 Å². The Labute approximate surface area is 109 Å². The maximum Gasteiger partial charge on any atom is 0.0963 e. The summed E-state index contributed by atoms with van der Waals surface area (Å²) in [6.45, 7) is 0.411. The standard InChI is InChI=1S/C13H12N2S2/c14-6-3-4-11-8-12(16-9-11)10-17-13-5-1-2-7-15-13/h1-2,5,7-9H,6,10,14H2. The van der Waals surface area contributed by atoms with Crippen molar-refractivity contribution in [3.63, 3.8) is 0 Å². The number of rotatable bonds is 3. The van der Waals surface area contributed by atoms with Crippen molar-refractivity contribution < 1.29 is 0 Å². The van der Waals surface area contributed by atoms with Gasteiger partial charge in [-0.05, 0) is 18.2 Å². The van der Waals surface area contributed by atoms with Gasteiger partial charge in [-0.3, -0.25) is 0 Å². The molecule has 0 aliphatic carbocycles. The van der Waals surface area contributed by atoms with Crippen LogP contribution in [0.25, 0.3) is 0 Å². The van der Waals surface area contributed by atoms with Crippen molar-refractivity contribution in [1.82, 2.24) is 4.98 Å². The Kier molecular flexibility index (Phi) is 4.63. The van der Waals surface area contributed by atoms with Crippen molar-refractivity contribution in [2.75, 3.05) is 6.54 Å². The van der Waals surface area contributed by atoms with E-state index in [9.17, 15) is 0 Å². The lowest BCUT2D eigenvalue weighted by atomic mass is 10.3. The lowest BCUT2D eigenvalue weighted by molar-refractivity contribution is 1.13. The van der Waals surface area contributed by atoms with E-state index >= 15 is 0 Å². The highest BCUT2D eigenvalue weighted by Crippen LogP contribution is 2.24. The molecule has 2 N–H and O–H groups in total. The van der Waals surface area contributed by atoms with E-state index in [1.54, 1.807) is 23.1 Å². The minimum absolute atomic E-state index is 0.411. The van der Waals surface area contributed by atoms with Gasteiger partial charge in [0.1, 0.15) is 0 Å². The van der Waals surface area contributed by atoms with Crippen molar-refractivity contribution >= 4 is 23.1 Å². The molecule has 86 valence electrons. The molecule has 0 saturated heterocycles. The smallest absolute Gasteiger partial charge is 0.0963 e. The van der Waals surface area contributed by atoms with E-state index in [0.717, 1.165) is 16.3 Å². The van der Waals surface area contributed by atoms with Gasteiger partial charge < -0.3 is 5.73 Å². The quantitative estimate of drug-likeness (QED) is 0.681. The second-order valence-corrected chi connectivity index (χ2v) is 5.26. The predicted molar refractivity (Wildman–Crippen MR) is 74.0 cm³/mol. The van der Waals surface area contributed by atoms with Gasteiger partial charge in [-0.1, -0.05) is 17.9 Å². The van der Waals surface area contributed by atoms with Crippen LogP contribution in [0.2, 0.25) is 0 Å². The van der Waals surface area contributed by atoms with Gasteiger partial charge in [0.15, 0.2) is 0 Å². The number of aromatic nitrogens is 1. The molecule has 0 amide bonds. The van der Waals surface area contributed by atoms with Crippen LogP contribution >= 0.6 is 23.1 Å². The van der Waals surface area contributed by atoms with Crippen molar-refractivity contribution in [3.05, 3.63) is 46.3 Å². The van der Waals surface area contributed by atoms with Gasteiger partial charge >= 0.3 is 0 Å². The molecule has 0 aliphatic heterocycles. The molecular formula is C13H12N2S2. The molecule has 0 unspecified atom stereocenters. The molecule has 0 saturated carbocycles. The second-order valence-electron chi connectivity index (χ2n) is 3.26. The molecule has 0 aromatic carbocycles. The topological polar surface area (TPSA) is 38.9 Å². The molecule has 17 heavy (non-hydrogen) atoms. The fraction of sp³-hybridized carbons (Fsp3) is 0.154. The van der Waals surface area contributed by atoms with E-state index in [4.69, 9.17) is 5.73 Å². The van der Waals surface area contributed by atoms with Crippen molar-refractivity contribution in [2.45, 2.75) is 10.8 Å². The summed E-state index contributed by atoms with van der Waals surface area (Å²) in [4.78, 5) is 5.58. The first-order chi connectivity index (χ1) is 8.38. The van der Waals surface area contributed by atoms with Gasteiger partial charge in [-0.2, -0.15) is 0 Å². The van der Waals surface area contributed by atoms with E-state index in [0.29, 0.717) is 6.54 Å². The van der Waals surface area contributed by atoms with Crippen LogP contribution in [-0.4, -0.2) is 11.5 Å². The van der Waals surface area contributed by atoms with Gasteiger partial charge in [0.05, 0.1) is 11.6 Å². The third-order valence-corrected chi connectivity index (χ3v) is 4.10. The van der Waals surface area contributed by atoms with Crippen molar-refractivity contribution in [2.24, 2.45) is 5.73 Å². The molecule has 2 heterocycles. The summed E-state index contributed by atoms with van der Waals surface area (Å²) < 4.78 is 0. The van der Waals surface area contributed by atoms with Crippen LogP contribution in [0, 0.1) is 11.8 Å². The number of thioether (sulfide) groups is 1. The van der Waals surface area contributed by atoms with Crippen LogP contribution in [0.4, 0.5) is 0 Å². The van der Waals surface area contributed by atoms with E-state index < -0.39 is 0 Å². The molecule has 2 aromatic heterocycles. The molecule has 4 heteroatoms. The molecular weight excluding hydrogens is 248 g/mol. The molecule has 0 spiro atoms. The van der Waals surface area contributed by atoms with E-state index in [1.807, 2.05) is 24.4 Å². The van der Waals surface area contributed by atoms with Crippen LogP contribution in [0.3, 0.4) is 0 Å². The Balaban J connectivity index is 1.94. The van der Waals surface area contributed by atoms with Gasteiger partial charge in [-0.25, -0.2) is 4.98 Å². The predicted octanol–water partition coefficient (Wildman–Crippen LogP) is 2.75. The summed E-state index contributed by atoms with van der Waals surface area (Å²) in [6, 6.07) is 8.06. The molecule has 0 radical (unpaired) electrons. The summed E-state index contributed by atoms with van der Waals surface area (Å²) in [5, 5.41) is 3.12. The van der Waals surface area contributed by atoms with Gasteiger partial charge in [0.2, 0.25) is 0 Å². The molecule has 0 aliphatic rings. The van der Waals surface area contributed by atoms with Crippen LogP contribution in [0.15, 0.2) is 40.9 Å². The first kappa shape index (κ1) is 12.2. The Morgan fingerprint density at radius 2 is 2.35 bits per heavy atom. The zero-order valence-corrected chi connectivity index (χ0v) is 10.9. The SMILES string of the molecule is NCC#Cc1csc(CSc2ccccn2)c1. The van der Waals surface area contributed by atoms with E-state index in [1.165, 1.54) is 4.88 Å². The first-order valence-electron chi connectivity index (χ1n) is 5.18. The van der Waals surface area contributed by atoms with Gasteiger partial charge in [0.25, 0.3) is 0 Å². The molecule has 2 aromatic rings. The fourth-order valence-electron chi connectivity index (χ4n) is 1.25. The number of hydrogen-bond acceptors (Lipinski definition) is 4. The monoisotopic (exact) mass is 260 g/mol. The lowest BCUT2D eigenvalue weighted by Crippen LogP contribution is -1.92. The maximum atomic E-state index is 5.34. The normalized spacial score (nSPS) is 9.71. The maximum absolute atomic E-state index is 5.34.